The molecule has 0 fully saturated rings. The van der Waals surface area contributed by atoms with Crippen LogP contribution in [0.25, 0.3) is 0 Å². The van der Waals surface area contributed by atoms with E-state index in [0.717, 1.165) is 22.4 Å². The van der Waals surface area contributed by atoms with Crippen LogP contribution in [0.3, 0.4) is 0 Å². The first-order valence-corrected chi connectivity index (χ1v) is 9.02. The van der Waals surface area contributed by atoms with Crippen molar-refractivity contribution in [1.29, 1.82) is 5.26 Å². The lowest BCUT2D eigenvalue weighted by atomic mass is 10.2. The molecule has 0 aliphatic rings. The maximum Gasteiger partial charge on any atom is 0.225 e. The molecular formula is C15H17N5OS2. The number of hydrogen-bond acceptors (Lipinski definition) is 7. The van der Waals surface area contributed by atoms with Gasteiger partial charge in [0.15, 0.2) is 4.34 Å². The molecule has 0 aliphatic carbocycles. The fraction of sp³-hybridized carbons (Fsp3) is 0.333. The SMILES string of the molecule is CCCNc1nnc(SCCC(=O)Nc2ccccc2C#N)s1. The number of rotatable bonds is 8. The quantitative estimate of drug-likeness (QED) is 0.712. The Labute approximate surface area is 143 Å². The van der Waals surface area contributed by atoms with Gasteiger partial charge in [-0.05, 0) is 18.6 Å². The number of amides is 1. The summed E-state index contributed by atoms with van der Waals surface area (Å²) < 4.78 is 0.842. The maximum atomic E-state index is 11.9. The van der Waals surface area contributed by atoms with E-state index in [1.807, 2.05) is 0 Å². The Balaban J connectivity index is 1.76. The molecule has 2 rings (SSSR count). The smallest absolute Gasteiger partial charge is 0.225 e. The molecule has 0 unspecified atom stereocenters. The van der Waals surface area contributed by atoms with Crippen LogP contribution in [0.5, 0.6) is 0 Å². The van der Waals surface area contributed by atoms with E-state index >= 15 is 0 Å². The first kappa shape index (κ1) is 17.2. The number of carbonyl (C=O) groups excluding carboxylic acids is 1. The predicted molar refractivity (Wildman–Crippen MR) is 93.8 cm³/mol. The molecule has 23 heavy (non-hydrogen) atoms. The Morgan fingerprint density at radius 2 is 2.22 bits per heavy atom. The molecule has 0 aliphatic heterocycles. The van der Waals surface area contributed by atoms with Crippen molar-refractivity contribution in [2.75, 3.05) is 22.9 Å². The van der Waals surface area contributed by atoms with Gasteiger partial charge in [-0.25, -0.2) is 0 Å². The number of nitrogens with one attached hydrogen (secondary N) is 2. The lowest BCUT2D eigenvalue weighted by Crippen LogP contribution is -2.13. The minimum absolute atomic E-state index is 0.117. The standard InChI is InChI=1S/C15H17N5OS2/c1-2-8-17-14-19-20-15(23-14)22-9-7-13(21)18-12-6-4-3-5-11(12)10-16/h3-6H,2,7-9H2,1H3,(H,17,19)(H,18,21). The molecule has 0 spiro atoms. The zero-order chi connectivity index (χ0) is 16.5. The minimum atomic E-state index is -0.117. The summed E-state index contributed by atoms with van der Waals surface area (Å²) in [5.74, 6) is 0.497. The zero-order valence-corrected chi connectivity index (χ0v) is 14.3. The van der Waals surface area contributed by atoms with Crippen LogP contribution in [-0.2, 0) is 4.79 Å². The van der Waals surface area contributed by atoms with E-state index in [4.69, 9.17) is 5.26 Å². The largest absolute Gasteiger partial charge is 0.360 e. The van der Waals surface area contributed by atoms with E-state index in [-0.39, 0.29) is 5.91 Å². The van der Waals surface area contributed by atoms with Crippen molar-refractivity contribution in [3.8, 4) is 6.07 Å². The summed E-state index contributed by atoms with van der Waals surface area (Å²) in [5.41, 5.74) is 1.01. The minimum Gasteiger partial charge on any atom is -0.360 e. The molecule has 1 amide bonds. The maximum absolute atomic E-state index is 11.9. The highest BCUT2D eigenvalue weighted by molar-refractivity contribution is 8.01. The molecular weight excluding hydrogens is 330 g/mol. The molecule has 120 valence electrons. The third kappa shape index (κ3) is 5.54. The number of carbonyl (C=O) groups is 1. The van der Waals surface area contributed by atoms with Crippen molar-refractivity contribution in [1.82, 2.24) is 10.2 Å². The van der Waals surface area contributed by atoms with Gasteiger partial charge < -0.3 is 10.6 Å². The molecule has 0 radical (unpaired) electrons. The number of nitrogens with zero attached hydrogens (tertiary/aromatic N) is 3. The normalized spacial score (nSPS) is 10.1. The molecule has 0 bridgehead atoms. The van der Waals surface area contributed by atoms with Crippen molar-refractivity contribution >= 4 is 39.8 Å². The van der Waals surface area contributed by atoms with E-state index in [0.29, 0.717) is 23.4 Å². The molecule has 1 aromatic carbocycles. The second-order valence-electron chi connectivity index (χ2n) is 4.60. The van der Waals surface area contributed by atoms with E-state index in [2.05, 4.69) is 33.8 Å². The summed E-state index contributed by atoms with van der Waals surface area (Å²) in [5, 5.41) is 23.9. The van der Waals surface area contributed by atoms with Crippen LogP contribution in [0.2, 0.25) is 0 Å². The van der Waals surface area contributed by atoms with E-state index in [9.17, 15) is 4.79 Å². The predicted octanol–water partition coefficient (Wildman–Crippen LogP) is 3.35. The van der Waals surface area contributed by atoms with Crippen LogP contribution in [0, 0.1) is 11.3 Å². The molecule has 1 heterocycles. The van der Waals surface area contributed by atoms with Gasteiger partial charge in [-0.3, -0.25) is 4.79 Å². The second-order valence-corrected chi connectivity index (χ2v) is 6.92. The summed E-state index contributed by atoms with van der Waals surface area (Å²) in [7, 11) is 0. The highest BCUT2D eigenvalue weighted by Gasteiger charge is 2.08. The van der Waals surface area contributed by atoms with Gasteiger partial charge in [0.25, 0.3) is 0 Å². The van der Waals surface area contributed by atoms with Gasteiger partial charge in [-0.2, -0.15) is 5.26 Å². The number of thioether (sulfide) groups is 1. The summed E-state index contributed by atoms with van der Waals surface area (Å²) in [6.45, 7) is 2.97. The van der Waals surface area contributed by atoms with Crippen molar-refractivity contribution in [2.45, 2.75) is 24.1 Å². The second kappa shape index (κ2) is 9.12. The average Bonchev–Trinajstić information content (AvgIpc) is 3.01. The lowest BCUT2D eigenvalue weighted by Gasteiger charge is -2.05. The Morgan fingerprint density at radius 1 is 1.39 bits per heavy atom. The fourth-order valence-corrected chi connectivity index (χ4v) is 3.49. The third-order valence-corrected chi connectivity index (χ3v) is 4.82. The summed E-state index contributed by atoms with van der Waals surface area (Å²) in [6.07, 6.45) is 1.38. The topological polar surface area (TPSA) is 90.7 Å². The first-order chi connectivity index (χ1) is 11.2. The number of nitriles is 1. The molecule has 0 saturated carbocycles. The van der Waals surface area contributed by atoms with Crippen molar-refractivity contribution in [2.24, 2.45) is 0 Å². The average molecular weight is 347 g/mol. The van der Waals surface area contributed by atoms with Crippen molar-refractivity contribution in [3.63, 3.8) is 0 Å². The first-order valence-electron chi connectivity index (χ1n) is 7.22. The van der Waals surface area contributed by atoms with Gasteiger partial charge in [-0.1, -0.05) is 42.2 Å². The van der Waals surface area contributed by atoms with Crippen molar-refractivity contribution in [3.05, 3.63) is 29.8 Å². The van der Waals surface area contributed by atoms with Gasteiger partial charge in [0, 0.05) is 18.7 Å². The highest BCUT2D eigenvalue weighted by Crippen LogP contribution is 2.26. The Kier molecular flexibility index (Phi) is 6.84. The van der Waals surface area contributed by atoms with Gasteiger partial charge in [-0.15, -0.1) is 10.2 Å². The lowest BCUT2D eigenvalue weighted by molar-refractivity contribution is -0.115. The summed E-state index contributed by atoms with van der Waals surface area (Å²) >= 11 is 2.99. The molecule has 6 nitrogen and oxygen atoms in total. The van der Waals surface area contributed by atoms with Crippen LogP contribution in [0.4, 0.5) is 10.8 Å². The molecule has 8 heteroatoms. The zero-order valence-electron chi connectivity index (χ0n) is 12.7. The number of aromatic nitrogens is 2. The van der Waals surface area contributed by atoms with E-state index in [1.165, 1.54) is 23.1 Å². The Bertz CT molecular complexity index is 695. The van der Waals surface area contributed by atoms with Gasteiger partial charge in [0.05, 0.1) is 11.3 Å². The Morgan fingerprint density at radius 3 is 3.00 bits per heavy atom. The fourth-order valence-electron chi connectivity index (χ4n) is 1.70. The van der Waals surface area contributed by atoms with Crippen LogP contribution in [0.15, 0.2) is 28.6 Å². The van der Waals surface area contributed by atoms with Gasteiger partial charge in [0.2, 0.25) is 11.0 Å². The monoisotopic (exact) mass is 347 g/mol. The highest BCUT2D eigenvalue weighted by atomic mass is 32.2. The van der Waals surface area contributed by atoms with E-state index in [1.54, 1.807) is 24.3 Å². The van der Waals surface area contributed by atoms with Crippen LogP contribution < -0.4 is 10.6 Å². The molecule has 0 atom stereocenters. The van der Waals surface area contributed by atoms with Crippen LogP contribution in [0.1, 0.15) is 25.3 Å². The van der Waals surface area contributed by atoms with Gasteiger partial charge >= 0.3 is 0 Å². The molecule has 1 aromatic heterocycles. The number of benzene rings is 1. The summed E-state index contributed by atoms with van der Waals surface area (Å²) in [6, 6.07) is 9.01. The van der Waals surface area contributed by atoms with Crippen LogP contribution in [-0.4, -0.2) is 28.4 Å². The van der Waals surface area contributed by atoms with Crippen LogP contribution >= 0.6 is 23.1 Å². The molecule has 2 aromatic rings. The number of hydrogen-bond donors (Lipinski definition) is 2. The number of para-hydroxylation sites is 1. The third-order valence-electron chi connectivity index (χ3n) is 2.81. The molecule has 0 saturated heterocycles. The Hall–Kier alpha value is -2.11. The summed E-state index contributed by atoms with van der Waals surface area (Å²) in [4.78, 5) is 11.9. The van der Waals surface area contributed by atoms with Crippen molar-refractivity contribution < 1.29 is 4.79 Å². The van der Waals surface area contributed by atoms with E-state index < -0.39 is 0 Å². The molecule has 2 N–H and O–H groups in total. The van der Waals surface area contributed by atoms with Gasteiger partial charge in [0.1, 0.15) is 6.07 Å². The number of anilines is 2.